The van der Waals surface area contributed by atoms with Crippen molar-refractivity contribution < 1.29 is 14.3 Å². The number of rotatable bonds is 2. The van der Waals surface area contributed by atoms with Gasteiger partial charge in [0.2, 0.25) is 0 Å². The van der Waals surface area contributed by atoms with Crippen molar-refractivity contribution in [3.63, 3.8) is 0 Å². The van der Waals surface area contributed by atoms with Crippen LogP contribution in [-0.4, -0.2) is 20.6 Å². The first-order valence-corrected chi connectivity index (χ1v) is 6.22. The van der Waals surface area contributed by atoms with E-state index in [1.807, 2.05) is 0 Å². The van der Waals surface area contributed by atoms with Crippen LogP contribution >= 0.6 is 0 Å². The molecular weight excluding hydrogens is 275 g/mol. The molecule has 3 aromatic rings. The van der Waals surface area contributed by atoms with Gasteiger partial charge in [-0.2, -0.15) is 0 Å². The SMILES string of the molecule is Cc1ccc(F)cc1-n1c(=O)[nH]c2ccc(C(=O)O)cc21. The van der Waals surface area contributed by atoms with Gasteiger partial charge in [-0.05, 0) is 42.8 Å². The van der Waals surface area contributed by atoms with Gasteiger partial charge in [-0.1, -0.05) is 6.07 Å². The molecule has 0 aliphatic carbocycles. The maximum atomic E-state index is 13.5. The summed E-state index contributed by atoms with van der Waals surface area (Å²) in [5, 5.41) is 9.05. The zero-order valence-electron chi connectivity index (χ0n) is 11.1. The summed E-state index contributed by atoms with van der Waals surface area (Å²) >= 11 is 0. The molecule has 6 heteroatoms. The van der Waals surface area contributed by atoms with Crippen LogP contribution in [0, 0.1) is 12.7 Å². The number of H-pyrrole nitrogens is 1. The summed E-state index contributed by atoms with van der Waals surface area (Å²) in [6.07, 6.45) is 0. The number of aromatic amines is 1. The lowest BCUT2D eigenvalue weighted by molar-refractivity contribution is 0.0697. The van der Waals surface area contributed by atoms with Crippen LogP contribution < -0.4 is 5.69 Å². The Labute approximate surface area is 118 Å². The molecule has 0 aliphatic heterocycles. The Hall–Kier alpha value is -2.89. The van der Waals surface area contributed by atoms with Gasteiger partial charge in [0.05, 0.1) is 22.3 Å². The Morgan fingerprint density at radius 2 is 2.00 bits per heavy atom. The fourth-order valence-electron chi connectivity index (χ4n) is 2.30. The number of hydrogen-bond donors (Lipinski definition) is 2. The monoisotopic (exact) mass is 286 g/mol. The molecule has 2 aromatic carbocycles. The van der Waals surface area contributed by atoms with Gasteiger partial charge >= 0.3 is 11.7 Å². The number of imidazole rings is 1. The normalized spacial score (nSPS) is 11.0. The Balaban J connectivity index is 2.38. The largest absolute Gasteiger partial charge is 0.478 e. The highest BCUT2D eigenvalue weighted by Gasteiger charge is 2.13. The van der Waals surface area contributed by atoms with Crippen molar-refractivity contribution in [2.24, 2.45) is 0 Å². The van der Waals surface area contributed by atoms with Gasteiger partial charge in [0.1, 0.15) is 5.82 Å². The molecule has 1 heterocycles. The number of hydrogen-bond acceptors (Lipinski definition) is 2. The first kappa shape index (κ1) is 13.1. The highest BCUT2D eigenvalue weighted by molar-refractivity contribution is 5.92. The summed E-state index contributed by atoms with van der Waals surface area (Å²) in [6, 6.07) is 8.43. The lowest BCUT2D eigenvalue weighted by atomic mass is 10.1. The Morgan fingerprint density at radius 3 is 2.71 bits per heavy atom. The smallest absolute Gasteiger partial charge is 0.335 e. The van der Waals surface area contributed by atoms with Crippen LogP contribution in [0.4, 0.5) is 4.39 Å². The third kappa shape index (κ3) is 2.10. The molecule has 0 saturated heterocycles. The number of halogens is 1. The summed E-state index contributed by atoms with van der Waals surface area (Å²) in [6.45, 7) is 1.75. The molecule has 0 amide bonds. The Bertz CT molecular complexity index is 924. The number of fused-ring (bicyclic) bond motifs is 1. The highest BCUT2D eigenvalue weighted by atomic mass is 19.1. The number of carboxylic acids is 1. The van der Waals surface area contributed by atoms with E-state index < -0.39 is 17.5 Å². The van der Waals surface area contributed by atoms with Crippen LogP contribution in [0.15, 0.2) is 41.2 Å². The number of nitrogens with one attached hydrogen (secondary N) is 1. The van der Waals surface area contributed by atoms with Crippen LogP contribution in [0.3, 0.4) is 0 Å². The van der Waals surface area contributed by atoms with E-state index >= 15 is 0 Å². The van der Waals surface area contributed by atoms with Gasteiger partial charge in [-0.3, -0.25) is 4.57 Å². The van der Waals surface area contributed by atoms with Crippen molar-refractivity contribution in [3.8, 4) is 5.69 Å². The lowest BCUT2D eigenvalue weighted by Gasteiger charge is -2.07. The van der Waals surface area contributed by atoms with E-state index in [4.69, 9.17) is 5.11 Å². The van der Waals surface area contributed by atoms with E-state index in [1.54, 1.807) is 13.0 Å². The Morgan fingerprint density at radius 1 is 1.24 bits per heavy atom. The van der Waals surface area contributed by atoms with Crippen LogP contribution in [-0.2, 0) is 0 Å². The maximum absolute atomic E-state index is 13.5. The van der Waals surface area contributed by atoms with Crippen LogP contribution in [0.25, 0.3) is 16.7 Å². The molecule has 0 spiro atoms. The third-order valence-electron chi connectivity index (χ3n) is 3.34. The number of carbonyl (C=O) groups is 1. The van der Waals surface area contributed by atoms with E-state index in [2.05, 4.69) is 4.98 Å². The van der Waals surface area contributed by atoms with E-state index in [0.29, 0.717) is 22.3 Å². The summed E-state index contributed by atoms with van der Waals surface area (Å²) in [7, 11) is 0. The van der Waals surface area contributed by atoms with Crippen molar-refractivity contribution in [3.05, 3.63) is 63.8 Å². The number of aromatic carboxylic acids is 1. The first-order valence-electron chi connectivity index (χ1n) is 6.22. The molecule has 0 saturated carbocycles. The molecule has 0 aliphatic rings. The molecule has 106 valence electrons. The third-order valence-corrected chi connectivity index (χ3v) is 3.34. The average Bonchev–Trinajstić information content (AvgIpc) is 2.76. The molecule has 2 N–H and O–H groups in total. The van der Waals surface area contributed by atoms with Crippen molar-refractivity contribution in [1.82, 2.24) is 9.55 Å². The molecule has 21 heavy (non-hydrogen) atoms. The zero-order chi connectivity index (χ0) is 15.1. The molecule has 0 unspecified atom stereocenters. The number of benzene rings is 2. The second-order valence-corrected chi connectivity index (χ2v) is 4.73. The van der Waals surface area contributed by atoms with Crippen LogP contribution in [0.2, 0.25) is 0 Å². The number of aromatic nitrogens is 2. The maximum Gasteiger partial charge on any atom is 0.335 e. The van der Waals surface area contributed by atoms with Crippen LogP contribution in [0.1, 0.15) is 15.9 Å². The zero-order valence-corrected chi connectivity index (χ0v) is 11.1. The number of aryl methyl sites for hydroxylation is 1. The van der Waals surface area contributed by atoms with Crippen LogP contribution in [0.5, 0.6) is 0 Å². The van der Waals surface area contributed by atoms with E-state index in [0.717, 1.165) is 0 Å². The average molecular weight is 286 g/mol. The van der Waals surface area contributed by atoms with Gasteiger partial charge in [-0.15, -0.1) is 0 Å². The molecule has 0 fully saturated rings. The molecule has 1 aromatic heterocycles. The van der Waals surface area contributed by atoms with Crippen molar-refractivity contribution in [2.75, 3.05) is 0 Å². The predicted octanol–water partition coefficient (Wildman–Crippen LogP) is 2.46. The van der Waals surface area contributed by atoms with Crippen molar-refractivity contribution in [2.45, 2.75) is 6.92 Å². The van der Waals surface area contributed by atoms with E-state index in [-0.39, 0.29) is 5.56 Å². The number of carboxylic acid groups (broad SMARTS) is 1. The lowest BCUT2D eigenvalue weighted by Crippen LogP contribution is -2.15. The molecule has 5 nitrogen and oxygen atoms in total. The minimum atomic E-state index is -1.09. The topological polar surface area (TPSA) is 75.1 Å². The van der Waals surface area contributed by atoms with Gasteiger partial charge < -0.3 is 10.1 Å². The standard InChI is InChI=1S/C15H11FN2O3/c1-8-2-4-10(16)7-12(8)18-13-6-9(14(19)20)3-5-11(13)17-15(18)21/h2-7H,1H3,(H,17,21)(H,19,20). The minimum absolute atomic E-state index is 0.0595. The van der Waals surface area contributed by atoms with E-state index in [9.17, 15) is 14.0 Å². The Kier molecular flexibility index (Phi) is 2.86. The summed E-state index contributed by atoms with van der Waals surface area (Å²) in [4.78, 5) is 25.8. The quantitative estimate of drug-likeness (QED) is 0.760. The second kappa shape index (κ2) is 4.59. The fourth-order valence-corrected chi connectivity index (χ4v) is 2.30. The second-order valence-electron chi connectivity index (χ2n) is 4.73. The van der Waals surface area contributed by atoms with Crippen molar-refractivity contribution in [1.29, 1.82) is 0 Å². The molecular formula is C15H11FN2O3. The van der Waals surface area contributed by atoms with E-state index in [1.165, 1.54) is 34.9 Å². The molecule has 0 bridgehead atoms. The van der Waals surface area contributed by atoms with Gasteiger partial charge in [0.15, 0.2) is 0 Å². The van der Waals surface area contributed by atoms with Gasteiger partial charge in [0, 0.05) is 0 Å². The predicted molar refractivity (Wildman–Crippen MR) is 75.6 cm³/mol. The van der Waals surface area contributed by atoms with Gasteiger partial charge in [0.25, 0.3) is 0 Å². The summed E-state index contributed by atoms with van der Waals surface area (Å²) < 4.78 is 14.7. The molecule has 0 radical (unpaired) electrons. The fraction of sp³-hybridized carbons (Fsp3) is 0.0667. The first-order chi connectivity index (χ1) is 9.97. The summed E-state index contributed by atoms with van der Waals surface area (Å²) in [5.41, 5.74) is 1.60. The van der Waals surface area contributed by atoms with Crippen molar-refractivity contribution >= 4 is 17.0 Å². The minimum Gasteiger partial charge on any atom is -0.478 e. The summed E-state index contributed by atoms with van der Waals surface area (Å²) in [5.74, 6) is -1.56. The molecule has 0 atom stereocenters. The number of nitrogens with zero attached hydrogens (tertiary/aromatic N) is 1. The molecule has 3 rings (SSSR count). The highest BCUT2D eigenvalue weighted by Crippen LogP contribution is 2.20. The van der Waals surface area contributed by atoms with Gasteiger partial charge in [-0.25, -0.2) is 14.0 Å².